The number of phenols is 1. The molecule has 0 heterocycles. The van der Waals surface area contributed by atoms with Gasteiger partial charge in [-0.15, -0.1) is 0 Å². The fourth-order valence-electron chi connectivity index (χ4n) is 2.72. The molecule has 1 N–H and O–H groups in total. The minimum absolute atomic E-state index is 0.116. The lowest BCUT2D eigenvalue weighted by Gasteiger charge is -2.15. The average Bonchev–Trinajstić information content (AvgIpc) is 2.70. The Kier molecular flexibility index (Phi) is 7.27. The number of carbonyl (C=O) groups excluding carboxylic acids is 1. The van der Waals surface area contributed by atoms with Gasteiger partial charge in [-0.2, -0.15) is 0 Å². The van der Waals surface area contributed by atoms with Crippen LogP contribution in [0.2, 0.25) is 0 Å². The first-order valence-corrected chi connectivity index (χ1v) is 8.87. The Hall–Kier alpha value is -3.21. The minimum Gasteiger partial charge on any atom is -0.507 e. The van der Waals surface area contributed by atoms with Crippen molar-refractivity contribution < 1.29 is 24.1 Å². The summed E-state index contributed by atoms with van der Waals surface area (Å²) in [6.07, 6.45) is 5.51. The Labute approximate surface area is 165 Å². The molecule has 0 bridgehead atoms. The van der Waals surface area contributed by atoms with Crippen molar-refractivity contribution in [2.45, 2.75) is 20.3 Å². The maximum atomic E-state index is 12.8. The molecule has 5 heteroatoms. The van der Waals surface area contributed by atoms with Crippen molar-refractivity contribution >= 4 is 11.9 Å². The number of carbonyl (C=O) groups is 1. The van der Waals surface area contributed by atoms with Gasteiger partial charge in [0, 0.05) is 11.6 Å². The molecule has 0 spiro atoms. The van der Waals surface area contributed by atoms with E-state index in [4.69, 9.17) is 14.2 Å². The van der Waals surface area contributed by atoms with Crippen molar-refractivity contribution in [3.8, 4) is 23.0 Å². The van der Waals surface area contributed by atoms with Crippen LogP contribution in [-0.2, 0) is 6.42 Å². The third-order valence-electron chi connectivity index (χ3n) is 4.27. The number of ether oxygens (including phenoxy) is 3. The summed E-state index contributed by atoms with van der Waals surface area (Å²) in [5, 5.41) is 10.8. The van der Waals surface area contributed by atoms with E-state index in [0.29, 0.717) is 17.7 Å². The van der Waals surface area contributed by atoms with Crippen LogP contribution in [0.4, 0.5) is 0 Å². The highest BCUT2D eigenvalue weighted by molar-refractivity contribution is 6.11. The zero-order valence-electron chi connectivity index (χ0n) is 16.9. The first-order valence-electron chi connectivity index (χ1n) is 8.87. The third-order valence-corrected chi connectivity index (χ3v) is 4.27. The summed E-state index contributed by atoms with van der Waals surface area (Å²) in [6, 6.07) is 8.94. The second kappa shape index (κ2) is 9.65. The molecular weight excluding hydrogens is 356 g/mol. The molecular formula is C23H26O5. The highest BCUT2D eigenvalue weighted by Crippen LogP contribution is 2.39. The van der Waals surface area contributed by atoms with Crippen LogP contribution in [0.15, 0.2) is 48.1 Å². The number of rotatable bonds is 8. The molecule has 0 saturated heterocycles. The second-order valence-electron chi connectivity index (χ2n) is 6.44. The minimum atomic E-state index is -0.355. The Bertz CT molecular complexity index is 888. The van der Waals surface area contributed by atoms with E-state index >= 15 is 0 Å². The normalized spacial score (nSPS) is 10.6. The van der Waals surface area contributed by atoms with Crippen molar-refractivity contribution in [1.82, 2.24) is 0 Å². The lowest BCUT2D eigenvalue weighted by Crippen LogP contribution is -2.04. The van der Waals surface area contributed by atoms with E-state index in [1.807, 2.05) is 44.2 Å². The molecule has 5 nitrogen and oxygen atoms in total. The number of hydrogen-bond donors (Lipinski definition) is 1. The molecule has 2 aromatic rings. The smallest absolute Gasteiger partial charge is 0.193 e. The molecule has 0 unspecified atom stereocenters. The van der Waals surface area contributed by atoms with Gasteiger partial charge in [0.25, 0.3) is 0 Å². The van der Waals surface area contributed by atoms with Gasteiger partial charge in [0.15, 0.2) is 5.78 Å². The number of allylic oxidation sites excluding steroid dienone is 3. The molecule has 2 rings (SSSR count). The quantitative estimate of drug-likeness (QED) is 0.403. The average molecular weight is 382 g/mol. The van der Waals surface area contributed by atoms with Gasteiger partial charge in [0.1, 0.15) is 28.6 Å². The fourth-order valence-corrected chi connectivity index (χ4v) is 2.72. The molecule has 0 fully saturated rings. The Morgan fingerprint density at radius 3 is 2.18 bits per heavy atom. The SMILES string of the molecule is COc1ccc(C=CC(=O)c2c(OC)cc(OC)c(CC=C(C)C)c2O)cc1. The van der Waals surface area contributed by atoms with Crippen LogP contribution in [0.3, 0.4) is 0 Å². The number of aromatic hydroxyl groups is 1. The van der Waals surface area contributed by atoms with E-state index in [0.717, 1.165) is 16.9 Å². The standard InChI is InChI=1S/C23H26O5/c1-15(2)6-12-18-20(27-4)14-21(28-5)22(23(18)25)19(24)13-9-16-7-10-17(26-3)11-8-16/h6-11,13-14,25H,12H2,1-5H3. The summed E-state index contributed by atoms with van der Waals surface area (Å²) in [5.74, 6) is 0.994. The predicted molar refractivity (Wildman–Crippen MR) is 111 cm³/mol. The van der Waals surface area contributed by atoms with Crippen LogP contribution in [0.1, 0.15) is 35.3 Å². The van der Waals surface area contributed by atoms with Crippen LogP contribution in [0, 0.1) is 0 Å². The van der Waals surface area contributed by atoms with Crippen LogP contribution in [-0.4, -0.2) is 32.2 Å². The van der Waals surface area contributed by atoms with E-state index in [9.17, 15) is 9.90 Å². The van der Waals surface area contributed by atoms with Crippen molar-refractivity contribution in [3.05, 3.63) is 64.7 Å². The number of hydrogen-bond acceptors (Lipinski definition) is 5. The van der Waals surface area contributed by atoms with E-state index in [2.05, 4.69) is 0 Å². The van der Waals surface area contributed by atoms with Crippen LogP contribution >= 0.6 is 0 Å². The molecule has 2 aromatic carbocycles. The fraction of sp³-hybridized carbons (Fsp3) is 0.261. The number of phenolic OH excluding ortho intramolecular Hbond substituents is 1. The lowest BCUT2D eigenvalue weighted by molar-refractivity contribution is 0.104. The molecule has 0 aliphatic heterocycles. The van der Waals surface area contributed by atoms with Crippen LogP contribution in [0.5, 0.6) is 23.0 Å². The Morgan fingerprint density at radius 2 is 1.64 bits per heavy atom. The van der Waals surface area contributed by atoms with Gasteiger partial charge in [0.2, 0.25) is 0 Å². The predicted octanol–water partition coefficient (Wildman–Crippen LogP) is 4.82. The summed E-state index contributed by atoms with van der Waals surface area (Å²) >= 11 is 0. The van der Waals surface area contributed by atoms with Crippen molar-refractivity contribution in [2.75, 3.05) is 21.3 Å². The third kappa shape index (κ3) is 4.94. The molecule has 148 valence electrons. The maximum absolute atomic E-state index is 12.8. The van der Waals surface area contributed by atoms with Gasteiger partial charge < -0.3 is 19.3 Å². The molecule has 28 heavy (non-hydrogen) atoms. The molecule has 0 amide bonds. The topological polar surface area (TPSA) is 65.0 Å². The first kappa shape index (κ1) is 21.1. The van der Waals surface area contributed by atoms with Crippen molar-refractivity contribution in [3.63, 3.8) is 0 Å². The van der Waals surface area contributed by atoms with E-state index in [1.165, 1.54) is 20.3 Å². The van der Waals surface area contributed by atoms with E-state index in [1.54, 1.807) is 19.3 Å². The summed E-state index contributed by atoms with van der Waals surface area (Å²) in [4.78, 5) is 12.8. The summed E-state index contributed by atoms with van der Waals surface area (Å²) in [6.45, 7) is 3.94. The molecule has 0 saturated carbocycles. The van der Waals surface area contributed by atoms with Gasteiger partial charge in [-0.1, -0.05) is 29.9 Å². The Morgan fingerprint density at radius 1 is 1.00 bits per heavy atom. The number of methoxy groups -OCH3 is 3. The zero-order chi connectivity index (χ0) is 20.7. The maximum Gasteiger partial charge on any atom is 0.193 e. The van der Waals surface area contributed by atoms with E-state index in [-0.39, 0.29) is 22.8 Å². The van der Waals surface area contributed by atoms with Gasteiger partial charge in [-0.05, 0) is 44.0 Å². The van der Waals surface area contributed by atoms with Gasteiger partial charge >= 0.3 is 0 Å². The van der Waals surface area contributed by atoms with Crippen molar-refractivity contribution in [2.24, 2.45) is 0 Å². The van der Waals surface area contributed by atoms with Crippen molar-refractivity contribution in [1.29, 1.82) is 0 Å². The van der Waals surface area contributed by atoms with E-state index < -0.39 is 0 Å². The lowest BCUT2D eigenvalue weighted by atomic mass is 9.99. The van der Waals surface area contributed by atoms with Gasteiger partial charge in [0.05, 0.1) is 21.3 Å². The molecule has 0 aromatic heterocycles. The zero-order valence-corrected chi connectivity index (χ0v) is 16.9. The highest BCUT2D eigenvalue weighted by atomic mass is 16.5. The highest BCUT2D eigenvalue weighted by Gasteiger charge is 2.22. The number of benzene rings is 2. The summed E-state index contributed by atoms with van der Waals surface area (Å²) in [7, 11) is 4.57. The summed E-state index contributed by atoms with van der Waals surface area (Å²) < 4.78 is 15.8. The summed E-state index contributed by atoms with van der Waals surface area (Å²) in [5.41, 5.74) is 2.60. The molecule has 0 atom stereocenters. The molecule has 0 aliphatic carbocycles. The Balaban J connectivity index is 2.43. The largest absolute Gasteiger partial charge is 0.507 e. The van der Waals surface area contributed by atoms with Crippen LogP contribution < -0.4 is 14.2 Å². The number of ketones is 1. The molecule has 0 aliphatic rings. The van der Waals surface area contributed by atoms with Crippen LogP contribution in [0.25, 0.3) is 6.08 Å². The molecule has 0 radical (unpaired) electrons. The monoisotopic (exact) mass is 382 g/mol. The van der Waals surface area contributed by atoms with Gasteiger partial charge in [-0.3, -0.25) is 4.79 Å². The first-order chi connectivity index (χ1) is 13.4. The second-order valence-corrected chi connectivity index (χ2v) is 6.44. The van der Waals surface area contributed by atoms with Gasteiger partial charge in [-0.25, -0.2) is 0 Å².